The van der Waals surface area contributed by atoms with Gasteiger partial charge in [0.05, 0.1) is 11.3 Å². The van der Waals surface area contributed by atoms with Gasteiger partial charge in [-0.3, -0.25) is 4.68 Å². The number of hydrogen-bond acceptors (Lipinski definition) is 5. The molecular weight excluding hydrogens is 344 g/mol. The van der Waals surface area contributed by atoms with Gasteiger partial charge in [0.15, 0.2) is 5.65 Å². The molecule has 1 saturated carbocycles. The van der Waals surface area contributed by atoms with Crippen molar-refractivity contribution in [1.82, 2.24) is 19.7 Å². The van der Waals surface area contributed by atoms with E-state index in [0.29, 0.717) is 0 Å². The van der Waals surface area contributed by atoms with E-state index in [9.17, 15) is 5.11 Å². The lowest BCUT2D eigenvalue weighted by Gasteiger charge is -2.49. The molecule has 0 atom stereocenters. The SMILES string of the molecule is Cn1cc2cc(-c3ccc4cc(C5(O)CC(C)(C)C5)sc4n3)cnc2n1. The lowest BCUT2D eigenvalue weighted by Crippen LogP contribution is -2.45. The van der Waals surface area contributed by atoms with Crippen molar-refractivity contribution < 1.29 is 5.11 Å². The Bertz CT molecular complexity index is 1150. The Morgan fingerprint density at radius 2 is 1.96 bits per heavy atom. The van der Waals surface area contributed by atoms with Gasteiger partial charge < -0.3 is 5.11 Å². The Balaban J connectivity index is 1.55. The first kappa shape index (κ1) is 15.9. The zero-order valence-electron chi connectivity index (χ0n) is 15.0. The molecule has 0 amide bonds. The van der Waals surface area contributed by atoms with Crippen LogP contribution in [-0.2, 0) is 12.6 Å². The van der Waals surface area contributed by atoms with E-state index in [0.717, 1.165) is 50.2 Å². The Hall–Kier alpha value is -2.31. The molecule has 132 valence electrons. The van der Waals surface area contributed by atoms with Crippen molar-refractivity contribution in [2.24, 2.45) is 12.5 Å². The molecule has 4 aromatic heterocycles. The van der Waals surface area contributed by atoms with Crippen LogP contribution in [0.3, 0.4) is 0 Å². The van der Waals surface area contributed by atoms with Crippen LogP contribution in [0, 0.1) is 5.41 Å². The van der Waals surface area contributed by atoms with Crippen molar-refractivity contribution >= 4 is 32.6 Å². The largest absolute Gasteiger partial charge is 0.384 e. The average Bonchev–Trinajstić information content (AvgIpc) is 3.13. The number of pyridine rings is 2. The van der Waals surface area contributed by atoms with Crippen molar-refractivity contribution in [2.45, 2.75) is 32.3 Å². The maximum atomic E-state index is 10.9. The summed E-state index contributed by atoms with van der Waals surface area (Å²) in [6.07, 6.45) is 5.39. The van der Waals surface area contributed by atoms with Crippen LogP contribution >= 0.6 is 11.3 Å². The molecule has 1 N–H and O–H groups in total. The van der Waals surface area contributed by atoms with E-state index < -0.39 is 5.60 Å². The lowest BCUT2D eigenvalue weighted by atomic mass is 9.61. The number of nitrogens with zero attached hydrogens (tertiary/aromatic N) is 4. The summed E-state index contributed by atoms with van der Waals surface area (Å²) in [5.41, 5.74) is 2.14. The molecule has 5 nitrogen and oxygen atoms in total. The lowest BCUT2D eigenvalue weighted by molar-refractivity contribution is -0.116. The highest BCUT2D eigenvalue weighted by Crippen LogP contribution is 2.55. The highest BCUT2D eigenvalue weighted by Gasteiger charge is 2.49. The smallest absolute Gasteiger partial charge is 0.181 e. The number of rotatable bonds is 2. The first-order valence-corrected chi connectivity index (χ1v) is 9.56. The summed E-state index contributed by atoms with van der Waals surface area (Å²) in [5.74, 6) is 0. The highest BCUT2D eigenvalue weighted by atomic mass is 32.1. The molecule has 0 radical (unpaired) electrons. The monoisotopic (exact) mass is 364 g/mol. The second-order valence-corrected chi connectivity index (χ2v) is 9.22. The summed E-state index contributed by atoms with van der Waals surface area (Å²) in [6, 6.07) is 8.26. The summed E-state index contributed by atoms with van der Waals surface area (Å²) in [7, 11) is 1.89. The minimum Gasteiger partial charge on any atom is -0.384 e. The van der Waals surface area contributed by atoms with Gasteiger partial charge in [0.2, 0.25) is 0 Å². The fourth-order valence-electron chi connectivity index (χ4n) is 4.19. The van der Waals surface area contributed by atoms with Crippen LogP contribution in [0.2, 0.25) is 0 Å². The maximum absolute atomic E-state index is 10.9. The number of aryl methyl sites for hydroxylation is 1. The van der Waals surface area contributed by atoms with Crippen molar-refractivity contribution in [3.8, 4) is 11.3 Å². The van der Waals surface area contributed by atoms with Crippen molar-refractivity contribution in [1.29, 1.82) is 0 Å². The van der Waals surface area contributed by atoms with E-state index >= 15 is 0 Å². The van der Waals surface area contributed by atoms with Gasteiger partial charge >= 0.3 is 0 Å². The van der Waals surface area contributed by atoms with Crippen LogP contribution in [0.15, 0.2) is 36.7 Å². The van der Waals surface area contributed by atoms with Crippen LogP contribution < -0.4 is 0 Å². The molecule has 0 bridgehead atoms. The van der Waals surface area contributed by atoms with Crippen LogP contribution in [-0.4, -0.2) is 24.9 Å². The zero-order chi connectivity index (χ0) is 18.1. The molecule has 6 heteroatoms. The molecule has 1 aliphatic rings. The number of fused-ring (bicyclic) bond motifs is 2. The standard InChI is InChI=1S/C20H20N4OS/c1-19(2)10-20(25,11-19)16-7-12-4-5-15(22-18(12)26-16)13-6-14-9-24(3)23-17(14)21-8-13/h4-9,25H,10-11H2,1-3H3. The van der Waals surface area contributed by atoms with Crippen LogP contribution in [0.1, 0.15) is 31.6 Å². The fraction of sp³-hybridized carbons (Fsp3) is 0.350. The molecule has 1 aliphatic carbocycles. The van der Waals surface area contributed by atoms with Crippen LogP contribution in [0.25, 0.3) is 32.5 Å². The summed E-state index contributed by atoms with van der Waals surface area (Å²) < 4.78 is 1.77. The topological polar surface area (TPSA) is 63.8 Å². The van der Waals surface area contributed by atoms with Crippen molar-refractivity contribution in [3.63, 3.8) is 0 Å². The summed E-state index contributed by atoms with van der Waals surface area (Å²) >= 11 is 1.60. The van der Waals surface area contributed by atoms with Crippen molar-refractivity contribution in [3.05, 3.63) is 41.5 Å². The molecule has 0 aromatic carbocycles. The third-order valence-electron chi connectivity index (χ3n) is 5.15. The Labute approximate surface area is 155 Å². The number of thiophene rings is 1. The Morgan fingerprint density at radius 3 is 2.73 bits per heavy atom. The second kappa shape index (κ2) is 5.11. The fourth-order valence-corrected chi connectivity index (χ4v) is 5.30. The first-order chi connectivity index (χ1) is 12.3. The normalized spacial score (nSPS) is 18.3. The van der Waals surface area contributed by atoms with E-state index in [-0.39, 0.29) is 5.41 Å². The number of hydrogen-bond donors (Lipinski definition) is 1. The third kappa shape index (κ3) is 2.44. The summed E-state index contributed by atoms with van der Waals surface area (Å²) in [4.78, 5) is 11.2. The summed E-state index contributed by atoms with van der Waals surface area (Å²) in [6.45, 7) is 4.40. The van der Waals surface area contributed by atoms with Gasteiger partial charge in [-0.1, -0.05) is 13.8 Å². The van der Waals surface area contributed by atoms with Crippen LogP contribution in [0.4, 0.5) is 0 Å². The van der Waals surface area contributed by atoms with Gasteiger partial charge in [-0.25, -0.2) is 9.97 Å². The quantitative estimate of drug-likeness (QED) is 0.577. The summed E-state index contributed by atoms with van der Waals surface area (Å²) in [5, 5.41) is 17.3. The van der Waals surface area contributed by atoms with Gasteiger partial charge in [0.1, 0.15) is 4.83 Å². The molecule has 0 aliphatic heterocycles. The molecule has 0 saturated heterocycles. The predicted molar refractivity (Wildman–Crippen MR) is 104 cm³/mol. The second-order valence-electron chi connectivity index (χ2n) is 8.19. The van der Waals surface area contributed by atoms with E-state index in [1.54, 1.807) is 16.0 Å². The Kier molecular flexibility index (Phi) is 3.13. The van der Waals surface area contributed by atoms with E-state index in [1.807, 2.05) is 25.5 Å². The van der Waals surface area contributed by atoms with E-state index in [4.69, 9.17) is 4.98 Å². The van der Waals surface area contributed by atoms with E-state index in [1.165, 1.54) is 0 Å². The average molecular weight is 364 g/mol. The van der Waals surface area contributed by atoms with Crippen molar-refractivity contribution in [2.75, 3.05) is 0 Å². The molecule has 0 spiro atoms. The first-order valence-electron chi connectivity index (χ1n) is 8.75. The molecule has 1 fully saturated rings. The molecule has 0 unspecified atom stereocenters. The van der Waals surface area contributed by atoms with Gasteiger partial charge in [-0.05, 0) is 42.5 Å². The highest BCUT2D eigenvalue weighted by molar-refractivity contribution is 7.18. The minimum atomic E-state index is -0.689. The maximum Gasteiger partial charge on any atom is 0.181 e. The van der Waals surface area contributed by atoms with Gasteiger partial charge in [-0.2, -0.15) is 5.10 Å². The predicted octanol–water partition coefficient (Wildman–Crippen LogP) is 4.25. The number of aromatic nitrogens is 4. The molecular formula is C20H20N4OS. The van der Waals surface area contributed by atoms with Gasteiger partial charge in [0.25, 0.3) is 0 Å². The van der Waals surface area contributed by atoms with Gasteiger partial charge in [-0.15, -0.1) is 11.3 Å². The molecule has 5 rings (SSSR count). The zero-order valence-corrected chi connectivity index (χ0v) is 15.8. The minimum absolute atomic E-state index is 0.217. The van der Waals surface area contributed by atoms with Crippen LogP contribution in [0.5, 0.6) is 0 Å². The molecule has 26 heavy (non-hydrogen) atoms. The Morgan fingerprint density at radius 1 is 1.15 bits per heavy atom. The van der Waals surface area contributed by atoms with Gasteiger partial charge in [0, 0.05) is 40.7 Å². The van der Waals surface area contributed by atoms with E-state index in [2.05, 4.69) is 42.1 Å². The molecule has 4 aromatic rings. The third-order valence-corrected chi connectivity index (χ3v) is 6.39. The number of aliphatic hydroxyl groups is 1. The molecule has 4 heterocycles.